The van der Waals surface area contributed by atoms with Gasteiger partial charge in [-0.3, -0.25) is 14.2 Å². The predicted molar refractivity (Wildman–Crippen MR) is 56.2 cm³/mol. The van der Waals surface area contributed by atoms with Crippen molar-refractivity contribution in [2.75, 3.05) is 13.1 Å². The molecule has 0 atom stereocenters. The zero-order valence-corrected chi connectivity index (χ0v) is 8.82. The summed E-state index contributed by atoms with van der Waals surface area (Å²) >= 11 is 0. The zero-order chi connectivity index (χ0) is 12.0. The van der Waals surface area contributed by atoms with Gasteiger partial charge in [0, 0.05) is 19.6 Å². The van der Waals surface area contributed by atoms with Gasteiger partial charge in [0.15, 0.2) is 0 Å². The van der Waals surface area contributed by atoms with E-state index in [-0.39, 0.29) is 19.1 Å². The van der Waals surface area contributed by atoms with E-state index in [1.54, 1.807) is 6.92 Å². The van der Waals surface area contributed by atoms with Gasteiger partial charge in [0.1, 0.15) is 6.33 Å². The van der Waals surface area contributed by atoms with Gasteiger partial charge in [0.05, 0.1) is 0 Å². The van der Waals surface area contributed by atoms with E-state index in [0.29, 0.717) is 6.54 Å². The number of urea groups is 1. The molecule has 0 aromatic carbocycles. The van der Waals surface area contributed by atoms with Crippen molar-refractivity contribution in [3.8, 4) is 0 Å². The lowest BCUT2D eigenvalue weighted by atomic mass is 10.6. The fourth-order valence-electron chi connectivity index (χ4n) is 1.06. The van der Waals surface area contributed by atoms with E-state index in [9.17, 15) is 14.4 Å². The molecule has 2 amide bonds. The fourth-order valence-corrected chi connectivity index (χ4v) is 1.06. The number of nitrogens with one attached hydrogen (secondary N) is 3. The fraction of sp³-hybridized carbons (Fsp3) is 0.500. The number of rotatable bonds is 4. The second-order valence-electron chi connectivity index (χ2n) is 2.97. The maximum absolute atomic E-state index is 11.2. The number of amides is 2. The monoisotopic (exact) mass is 227 g/mol. The molecular weight excluding hydrogens is 214 g/mol. The summed E-state index contributed by atoms with van der Waals surface area (Å²) in [6, 6.07) is -0.312. The van der Waals surface area contributed by atoms with Gasteiger partial charge < -0.3 is 10.6 Å². The van der Waals surface area contributed by atoms with Gasteiger partial charge in [-0.05, 0) is 6.92 Å². The summed E-state index contributed by atoms with van der Waals surface area (Å²) in [5.74, 6) is 0. The van der Waals surface area contributed by atoms with Crippen molar-refractivity contribution in [2.45, 2.75) is 13.5 Å². The van der Waals surface area contributed by atoms with Crippen molar-refractivity contribution in [1.82, 2.24) is 25.4 Å². The number of carbonyl (C=O) groups is 1. The third kappa shape index (κ3) is 3.23. The van der Waals surface area contributed by atoms with Crippen LogP contribution in [0.1, 0.15) is 6.92 Å². The molecule has 0 aliphatic heterocycles. The number of carbonyl (C=O) groups excluding carboxylic acids is 1. The number of aromatic nitrogens is 3. The van der Waals surface area contributed by atoms with E-state index < -0.39 is 11.1 Å². The minimum Gasteiger partial charge on any atom is -0.338 e. The topological polar surface area (TPSA) is 109 Å². The first kappa shape index (κ1) is 12.0. The molecule has 8 nitrogen and oxygen atoms in total. The van der Waals surface area contributed by atoms with E-state index in [1.807, 2.05) is 5.10 Å². The predicted octanol–water partition coefficient (Wildman–Crippen LogP) is -1.75. The maximum atomic E-state index is 11.2. The summed E-state index contributed by atoms with van der Waals surface area (Å²) in [4.78, 5) is 33.1. The summed E-state index contributed by atoms with van der Waals surface area (Å²) in [6.07, 6.45) is 1.21. The van der Waals surface area contributed by atoms with Gasteiger partial charge in [-0.1, -0.05) is 0 Å². The second-order valence-corrected chi connectivity index (χ2v) is 2.97. The minimum absolute atomic E-state index is 0.201. The Bertz CT molecular complexity index is 463. The first-order valence-electron chi connectivity index (χ1n) is 4.81. The van der Waals surface area contributed by atoms with Crippen molar-refractivity contribution in [1.29, 1.82) is 0 Å². The Morgan fingerprint density at radius 2 is 2.25 bits per heavy atom. The van der Waals surface area contributed by atoms with Crippen molar-refractivity contribution < 1.29 is 4.79 Å². The molecule has 0 saturated heterocycles. The van der Waals surface area contributed by atoms with Crippen LogP contribution < -0.4 is 21.8 Å². The smallest absolute Gasteiger partial charge is 0.330 e. The van der Waals surface area contributed by atoms with Crippen LogP contribution in [0.4, 0.5) is 4.79 Å². The van der Waals surface area contributed by atoms with Crippen LogP contribution in [0.3, 0.4) is 0 Å². The third-order valence-corrected chi connectivity index (χ3v) is 1.79. The Morgan fingerprint density at radius 3 is 2.94 bits per heavy atom. The maximum Gasteiger partial charge on any atom is 0.330 e. The lowest BCUT2D eigenvalue weighted by molar-refractivity contribution is 0.241. The number of aromatic amines is 1. The van der Waals surface area contributed by atoms with Crippen molar-refractivity contribution in [2.24, 2.45) is 0 Å². The number of H-pyrrole nitrogens is 1. The molecule has 0 unspecified atom stereocenters. The lowest BCUT2D eigenvalue weighted by Crippen LogP contribution is -2.41. The normalized spacial score (nSPS) is 9.81. The van der Waals surface area contributed by atoms with Gasteiger partial charge in [-0.2, -0.15) is 5.10 Å². The summed E-state index contributed by atoms with van der Waals surface area (Å²) < 4.78 is 1.13. The molecule has 0 saturated carbocycles. The Balaban J connectivity index is 2.50. The van der Waals surface area contributed by atoms with Gasteiger partial charge in [-0.25, -0.2) is 9.89 Å². The molecule has 0 spiro atoms. The van der Waals surface area contributed by atoms with Gasteiger partial charge in [-0.15, -0.1) is 0 Å². The molecule has 88 valence electrons. The molecule has 0 bridgehead atoms. The highest BCUT2D eigenvalue weighted by Crippen LogP contribution is 1.73. The number of hydrogen-bond donors (Lipinski definition) is 3. The average molecular weight is 227 g/mol. The molecule has 1 heterocycles. The van der Waals surface area contributed by atoms with Gasteiger partial charge >= 0.3 is 17.1 Å². The molecule has 1 rings (SSSR count). The molecule has 0 aliphatic rings. The first-order valence-corrected chi connectivity index (χ1v) is 4.81. The third-order valence-electron chi connectivity index (χ3n) is 1.79. The standard InChI is InChI=1S/C8H13N5O3/c1-2-9-8(16)10-3-4-13-5-11-12-6(14)7(13)15/h5H,2-4H2,1H3,(H,12,14)(H2,9,10,16). The summed E-state index contributed by atoms with van der Waals surface area (Å²) in [7, 11) is 0. The first-order chi connectivity index (χ1) is 7.65. The lowest BCUT2D eigenvalue weighted by Gasteiger charge is -2.06. The second kappa shape index (κ2) is 5.69. The molecule has 1 aromatic heterocycles. The van der Waals surface area contributed by atoms with Crippen LogP contribution in [-0.2, 0) is 6.54 Å². The highest BCUT2D eigenvalue weighted by molar-refractivity contribution is 5.73. The summed E-state index contributed by atoms with van der Waals surface area (Å²) in [5.41, 5.74) is -1.46. The Labute approximate surface area is 90.7 Å². The molecule has 8 heteroatoms. The SMILES string of the molecule is CCNC(=O)NCCn1cn[nH]c(=O)c1=O. The molecule has 0 fully saturated rings. The Hall–Kier alpha value is -2.12. The van der Waals surface area contributed by atoms with Crippen LogP contribution in [0, 0.1) is 0 Å². The molecule has 1 aromatic rings. The summed E-state index contributed by atoms with van der Waals surface area (Å²) in [5, 5.41) is 10.6. The van der Waals surface area contributed by atoms with Crippen LogP contribution in [0.15, 0.2) is 15.9 Å². The van der Waals surface area contributed by atoms with E-state index in [0.717, 1.165) is 4.57 Å². The number of hydrogen-bond acceptors (Lipinski definition) is 4. The molecular formula is C8H13N5O3. The molecule has 0 radical (unpaired) electrons. The van der Waals surface area contributed by atoms with E-state index >= 15 is 0 Å². The largest absolute Gasteiger partial charge is 0.338 e. The molecule has 16 heavy (non-hydrogen) atoms. The highest BCUT2D eigenvalue weighted by atomic mass is 16.2. The minimum atomic E-state index is -0.777. The Kier molecular flexibility index (Phi) is 4.25. The molecule has 3 N–H and O–H groups in total. The summed E-state index contributed by atoms with van der Waals surface area (Å²) in [6.45, 7) is 2.77. The Morgan fingerprint density at radius 1 is 1.50 bits per heavy atom. The van der Waals surface area contributed by atoms with Crippen LogP contribution >= 0.6 is 0 Å². The van der Waals surface area contributed by atoms with E-state index in [1.165, 1.54) is 6.33 Å². The quantitative estimate of drug-likeness (QED) is 0.530. The number of nitrogens with zero attached hydrogens (tertiary/aromatic N) is 2. The molecule has 0 aliphatic carbocycles. The van der Waals surface area contributed by atoms with Gasteiger partial charge in [0.25, 0.3) is 0 Å². The van der Waals surface area contributed by atoms with Crippen molar-refractivity contribution in [3.63, 3.8) is 0 Å². The average Bonchev–Trinajstić information content (AvgIpc) is 2.25. The van der Waals surface area contributed by atoms with Crippen molar-refractivity contribution in [3.05, 3.63) is 27.0 Å². The van der Waals surface area contributed by atoms with Crippen LogP contribution in [0.5, 0.6) is 0 Å². The zero-order valence-electron chi connectivity index (χ0n) is 8.82. The van der Waals surface area contributed by atoms with Crippen molar-refractivity contribution >= 4 is 6.03 Å². The van der Waals surface area contributed by atoms with E-state index in [4.69, 9.17) is 0 Å². The van der Waals surface area contributed by atoms with Crippen LogP contribution in [-0.4, -0.2) is 33.9 Å². The van der Waals surface area contributed by atoms with Gasteiger partial charge in [0.2, 0.25) is 0 Å². The highest BCUT2D eigenvalue weighted by Gasteiger charge is 2.01. The van der Waals surface area contributed by atoms with E-state index in [2.05, 4.69) is 15.7 Å². The van der Waals surface area contributed by atoms with Crippen LogP contribution in [0.25, 0.3) is 0 Å². The van der Waals surface area contributed by atoms with Crippen LogP contribution in [0.2, 0.25) is 0 Å².